The fourth-order valence-corrected chi connectivity index (χ4v) is 4.36. The third-order valence-corrected chi connectivity index (χ3v) is 5.84. The maximum atomic E-state index is 12.7. The molecule has 4 rings (SSSR count). The first-order valence-electron chi connectivity index (χ1n) is 7.60. The molecule has 4 aromatic rings. The van der Waals surface area contributed by atoms with Crippen LogP contribution in [0.1, 0.15) is 16.1 Å². The van der Waals surface area contributed by atoms with Gasteiger partial charge < -0.3 is 0 Å². The third kappa shape index (κ3) is 2.57. The molecule has 4 nitrogen and oxygen atoms in total. The normalized spacial score (nSPS) is 11.2. The van der Waals surface area contributed by atoms with E-state index in [2.05, 4.69) is 29.0 Å². The van der Waals surface area contributed by atoms with Crippen LogP contribution in [0.4, 0.5) is 0 Å². The minimum atomic E-state index is -0.224. The number of benzene rings is 1. The van der Waals surface area contributed by atoms with Crippen LogP contribution in [0, 0.1) is 13.8 Å². The van der Waals surface area contributed by atoms with E-state index in [1.807, 2.05) is 36.6 Å². The van der Waals surface area contributed by atoms with Gasteiger partial charge in [0, 0.05) is 0 Å². The van der Waals surface area contributed by atoms with Gasteiger partial charge in [-0.1, -0.05) is 30.3 Å². The van der Waals surface area contributed by atoms with E-state index in [9.17, 15) is 4.79 Å². The summed E-state index contributed by atoms with van der Waals surface area (Å²) in [6, 6.07) is 12.1. The summed E-state index contributed by atoms with van der Waals surface area (Å²) in [6.45, 7) is 4.54. The molecule has 1 aromatic carbocycles. The standard InChI is InChI=1S/C18H15N3OS2/c1-11-6-3-4-7-13(11)10-21-17-16(19-12(2)24-17)15(20-18(21)22)14-8-5-9-23-14/h3-9H,10H2,1-2H3. The molecule has 0 bridgehead atoms. The molecule has 6 heteroatoms. The maximum absolute atomic E-state index is 12.7. The van der Waals surface area contributed by atoms with Crippen LogP contribution >= 0.6 is 22.7 Å². The second-order valence-electron chi connectivity index (χ2n) is 5.62. The molecule has 0 radical (unpaired) electrons. The first-order valence-corrected chi connectivity index (χ1v) is 9.29. The van der Waals surface area contributed by atoms with E-state index >= 15 is 0 Å². The van der Waals surface area contributed by atoms with Crippen molar-refractivity contribution in [3.05, 3.63) is 68.4 Å². The molecule has 0 saturated heterocycles. The number of thiazole rings is 1. The second kappa shape index (κ2) is 5.96. The van der Waals surface area contributed by atoms with Crippen molar-refractivity contribution in [3.8, 4) is 10.6 Å². The first-order chi connectivity index (χ1) is 11.6. The lowest BCUT2D eigenvalue weighted by atomic mass is 10.1. The molecule has 0 aliphatic carbocycles. The minimum absolute atomic E-state index is 0.224. The molecule has 0 N–H and O–H groups in total. The van der Waals surface area contributed by atoms with Crippen molar-refractivity contribution in [2.24, 2.45) is 0 Å². The Morgan fingerprint density at radius 1 is 1.08 bits per heavy atom. The molecule has 0 atom stereocenters. The van der Waals surface area contributed by atoms with Gasteiger partial charge in [-0.2, -0.15) is 4.98 Å². The Bertz CT molecular complexity index is 1080. The largest absolute Gasteiger partial charge is 0.349 e. The summed E-state index contributed by atoms with van der Waals surface area (Å²) in [5.41, 5.74) is 3.57. The number of aromatic nitrogens is 3. The van der Waals surface area contributed by atoms with Gasteiger partial charge in [-0.05, 0) is 36.4 Å². The first kappa shape index (κ1) is 15.2. The number of fused-ring (bicyclic) bond motifs is 1. The van der Waals surface area contributed by atoms with Crippen LogP contribution in [0.25, 0.3) is 20.9 Å². The molecule has 3 aromatic heterocycles. The maximum Gasteiger partial charge on any atom is 0.349 e. The Kier molecular flexibility index (Phi) is 3.78. The van der Waals surface area contributed by atoms with Gasteiger partial charge in [0.15, 0.2) is 0 Å². The van der Waals surface area contributed by atoms with E-state index in [4.69, 9.17) is 0 Å². The fraction of sp³-hybridized carbons (Fsp3) is 0.167. The van der Waals surface area contributed by atoms with Gasteiger partial charge >= 0.3 is 5.69 Å². The Morgan fingerprint density at radius 3 is 2.67 bits per heavy atom. The average Bonchev–Trinajstić information content (AvgIpc) is 3.21. The predicted octanol–water partition coefficient (Wildman–Crippen LogP) is 4.25. The monoisotopic (exact) mass is 353 g/mol. The molecule has 0 fully saturated rings. The third-order valence-electron chi connectivity index (χ3n) is 3.97. The van der Waals surface area contributed by atoms with E-state index in [1.54, 1.807) is 27.2 Å². The number of nitrogens with zero attached hydrogens (tertiary/aromatic N) is 3. The molecule has 0 aliphatic rings. The summed E-state index contributed by atoms with van der Waals surface area (Å²) < 4.78 is 1.74. The van der Waals surface area contributed by atoms with Gasteiger partial charge in [0.2, 0.25) is 0 Å². The van der Waals surface area contributed by atoms with Crippen LogP contribution in [0.3, 0.4) is 0 Å². The van der Waals surface area contributed by atoms with Crippen molar-refractivity contribution in [1.82, 2.24) is 14.5 Å². The van der Waals surface area contributed by atoms with Crippen molar-refractivity contribution >= 4 is 33.0 Å². The van der Waals surface area contributed by atoms with Crippen molar-refractivity contribution < 1.29 is 0 Å². The lowest BCUT2D eigenvalue weighted by Crippen LogP contribution is -2.24. The Balaban J connectivity index is 1.95. The number of hydrogen-bond donors (Lipinski definition) is 0. The highest BCUT2D eigenvalue weighted by Gasteiger charge is 2.17. The summed E-state index contributed by atoms with van der Waals surface area (Å²) in [5.74, 6) is 0. The molecular formula is C18H15N3OS2. The highest BCUT2D eigenvalue weighted by Crippen LogP contribution is 2.31. The zero-order valence-corrected chi connectivity index (χ0v) is 14.9. The van der Waals surface area contributed by atoms with Crippen LogP contribution in [0.5, 0.6) is 0 Å². The lowest BCUT2D eigenvalue weighted by molar-refractivity contribution is 0.764. The molecule has 0 aliphatic heterocycles. The van der Waals surface area contributed by atoms with Crippen molar-refractivity contribution in [1.29, 1.82) is 0 Å². The molecular weight excluding hydrogens is 338 g/mol. The molecule has 120 valence electrons. The zero-order chi connectivity index (χ0) is 16.7. The van der Waals surface area contributed by atoms with Crippen molar-refractivity contribution in [2.45, 2.75) is 20.4 Å². The Labute approximate surface area is 147 Å². The summed E-state index contributed by atoms with van der Waals surface area (Å²) in [7, 11) is 0. The molecule has 24 heavy (non-hydrogen) atoms. The molecule has 3 heterocycles. The average molecular weight is 353 g/mol. The van der Waals surface area contributed by atoms with E-state index in [0.717, 1.165) is 25.8 Å². The fourth-order valence-electron chi connectivity index (χ4n) is 2.73. The van der Waals surface area contributed by atoms with Crippen molar-refractivity contribution in [2.75, 3.05) is 0 Å². The van der Waals surface area contributed by atoms with Gasteiger partial charge in [-0.3, -0.25) is 4.57 Å². The number of aryl methyl sites for hydroxylation is 2. The molecule has 0 amide bonds. The molecule has 0 saturated carbocycles. The minimum Gasteiger partial charge on any atom is -0.277 e. The van der Waals surface area contributed by atoms with Gasteiger partial charge in [0.1, 0.15) is 16.0 Å². The van der Waals surface area contributed by atoms with Gasteiger partial charge in [0.05, 0.1) is 16.4 Å². The van der Waals surface area contributed by atoms with Gasteiger partial charge in [-0.15, -0.1) is 22.7 Å². The van der Waals surface area contributed by atoms with Crippen LogP contribution in [-0.4, -0.2) is 14.5 Å². The molecule has 0 spiro atoms. The predicted molar refractivity (Wildman–Crippen MR) is 100 cm³/mol. The smallest absolute Gasteiger partial charge is 0.277 e. The SMILES string of the molecule is Cc1nc2c(-c3cccs3)nc(=O)n(Cc3ccccc3C)c2s1. The molecule has 0 unspecified atom stereocenters. The van der Waals surface area contributed by atoms with E-state index < -0.39 is 0 Å². The summed E-state index contributed by atoms with van der Waals surface area (Å²) >= 11 is 3.12. The highest BCUT2D eigenvalue weighted by molar-refractivity contribution is 7.18. The Hall–Kier alpha value is -2.31. The van der Waals surface area contributed by atoms with Gasteiger partial charge in [0.25, 0.3) is 0 Å². The number of thiophene rings is 1. The zero-order valence-electron chi connectivity index (χ0n) is 13.3. The summed E-state index contributed by atoms with van der Waals surface area (Å²) in [5, 5.41) is 2.93. The highest BCUT2D eigenvalue weighted by atomic mass is 32.1. The lowest BCUT2D eigenvalue weighted by Gasteiger charge is -2.10. The van der Waals surface area contributed by atoms with Crippen LogP contribution in [0.2, 0.25) is 0 Å². The summed E-state index contributed by atoms with van der Waals surface area (Å²) in [6.07, 6.45) is 0. The van der Waals surface area contributed by atoms with Crippen LogP contribution in [-0.2, 0) is 6.54 Å². The van der Waals surface area contributed by atoms with Crippen LogP contribution < -0.4 is 5.69 Å². The van der Waals surface area contributed by atoms with Crippen molar-refractivity contribution in [3.63, 3.8) is 0 Å². The number of rotatable bonds is 3. The van der Waals surface area contributed by atoms with Crippen LogP contribution in [0.15, 0.2) is 46.6 Å². The Morgan fingerprint density at radius 2 is 1.92 bits per heavy atom. The van der Waals surface area contributed by atoms with Gasteiger partial charge in [-0.25, -0.2) is 9.78 Å². The quantitative estimate of drug-likeness (QED) is 0.553. The summed E-state index contributed by atoms with van der Waals surface area (Å²) in [4.78, 5) is 23.6. The van der Waals surface area contributed by atoms with E-state index in [1.165, 1.54) is 5.56 Å². The topological polar surface area (TPSA) is 47.8 Å². The second-order valence-corrected chi connectivity index (χ2v) is 7.75. The number of hydrogen-bond acceptors (Lipinski definition) is 5. The van der Waals surface area contributed by atoms with E-state index in [0.29, 0.717) is 12.2 Å². The van der Waals surface area contributed by atoms with E-state index in [-0.39, 0.29) is 5.69 Å².